The van der Waals surface area contributed by atoms with Gasteiger partial charge in [-0.3, -0.25) is 4.57 Å². The monoisotopic (exact) mass is 357 g/mol. The van der Waals surface area contributed by atoms with Crippen LogP contribution >= 0.6 is 23.5 Å². The molecule has 0 fully saturated rings. The molecule has 1 aromatic rings. The lowest BCUT2D eigenvalue weighted by Crippen LogP contribution is -2.18. The maximum atomic E-state index is 13.8. The zero-order valence-corrected chi connectivity index (χ0v) is 13.0. The number of hydrogen-bond donors (Lipinski definition) is 1. The van der Waals surface area contributed by atoms with E-state index in [1.807, 2.05) is 0 Å². The fraction of sp³-hybridized carbons (Fsp3) is 0.455. The highest BCUT2D eigenvalue weighted by Gasteiger charge is 2.37. The van der Waals surface area contributed by atoms with Crippen LogP contribution in [-0.4, -0.2) is 13.2 Å². The van der Waals surface area contributed by atoms with E-state index >= 15 is 0 Å². The Bertz CT molecular complexity index is 468. The molecule has 0 bridgehead atoms. The molecule has 2 N–H and O–H groups in total. The van der Waals surface area contributed by atoms with Crippen LogP contribution in [0.4, 0.5) is 8.78 Å². The molecule has 19 heavy (non-hydrogen) atoms. The second-order valence-corrected chi connectivity index (χ2v) is 6.67. The zero-order chi connectivity index (χ0) is 14.6. The lowest BCUT2D eigenvalue weighted by atomic mass is 10.2. The highest BCUT2D eigenvalue weighted by atomic mass is 79.9. The van der Waals surface area contributed by atoms with Gasteiger partial charge in [-0.05, 0) is 26.0 Å². The SMILES string of the molecule is CCOP(=O)(OCC)[C@H](N)c1c(F)cc(Br)cc1F. The van der Waals surface area contributed by atoms with Gasteiger partial charge < -0.3 is 14.8 Å². The van der Waals surface area contributed by atoms with Crippen LogP contribution in [0.15, 0.2) is 16.6 Å². The topological polar surface area (TPSA) is 61.5 Å². The molecule has 0 aliphatic carbocycles. The highest BCUT2D eigenvalue weighted by molar-refractivity contribution is 9.10. The predicted octanol–water partition coefficient (Wildman–Crippen LogP) is 3.95. The standard InChI is InChI=1S/C11H15BrF2NO3P/c1-3-17-19(16,18-4-2)11(15)10-8(13)5-7(12)6-9(10)14/h5-6,11H,3-4,15H2,1-2H3/t11-/m0/s1. The van der Waals surface area contributed by atoms with Crippen molar-refractivity contribution < 1.29 is 22.4 Å². The maximum absolute atomic E-state index is 13.8. The van der Waals surface area contributed by atoms with E-state index in [1.165, 1.54) is 0 Å². The smallest absolute Gasteiger partial charge is 0.314 e. The summed E-state index contributed by atoms with van der Waals surface area (Å²) in [5, 5.41) is 0. The van der Waals surface area contributed by atoms with Gasteiger partial charge in [-0.25, -0.2) is 8.78 Å². The van der Waals surface area contributed by atoms with Crippen LogP contribution in [-0.2, 0) is 13.6 Å². The van der Waals surface area contributed by atoms with Crippen LogP contribution in [0, 0.1) is 11.6 Å². The van der Waals surface area contributed by atoms with Crippen LogP contribution in [0.3, 0.4) is 0 Å². The molecule has 0 saturated heterocycles. The predicted molar refractivity (Wildman–Crippen MR) is 71.8 cm³/mol. The Balaban J connectivity index is 3.24. The van der Waals surface area contributed by atoms with Gasteiger partial charge >= 0.3 is 7.60 Å². The first kappa shape index (κ1) is 16.7. The zero-order valence-electron chi connectivity index (χ0n) is 10.5. The van der Waals surface area contributed by atoms with E-state index in [0.717, 1.165) is 12.1 Å². The van der Waals surface area contributed by atoms with Crippen LogP contribution in [0.2, 0.25) is 0 Å². The minimum Gasteiger partial charge on any atom is -0.314 e. The van der Waals surface area contributed by atoms with Crippen LogP contribution in [0.5, 0.6) is 0 Å². The van der Waals surface area contributed by atoms with Gasteiger partial charge in [0.05, 0.1) is 18.8 Å². The summed E-state index contributed by atoms with van der Waals surface area (Å²) < 4.78 is 50.2. The van der Waals surface area contributed by atoms with E-state index < -0.39 is 30.6 Å². The van der Waals surface area contributed by atoms with E-state index in [4.69, 9.17) is 14.8 Å². The first-order chi connectivity index (χ1) is 8.85. The van der Waals surface area contributed by atoms with Crippen molar-refractivity contribution in [1.29, 1.82) is 0 Å². The lowest BCUT2D eigenvalue weighted by Gasteiger charge is -2.24. The fourth-order valence-corrected chi connectivity index (χ4v) is 3.63. The number of benzene rings is 1. The summed E-state index contributed by atoms with van der Waals surface area (Å²) >= 11 is 2.96. The molecule has 0 heterocycles. The van der Waals surface area contributed by atoms with Gasteiger partial charge in [-0.15, -0.1) is 0 Å². The Hall–Kier alpha value is -0.330. The average molecular weight is 358 g/mol. The molecule has 0 aliphatic rings. The van der Waals surface area contributed by atoms with Crippen molar-refractivity contribution in [3.8, 4) is 0 Å². The fourth-order valence-electron chi connectivity index (χ4n) is 1.55. The second-order valence-electron chi connectivity index (χ2n) is 3.60. The van der Waals surface area contributed by atoms with Gasteiger partial charge in [0.2, 0.25) is 0 Å². The van der Waals surface area contributed by atoms with Gasteiger partial charge in [0.15, 0.2) is 0 Å². The lowest BCUT2D eigenvalue weighted by molar-refractivity contribution is 0.211. The summed E-state index contributed by atoms with van der Waals surface area (Å²) in [6.45, 7) is 3.30. The number of hydrogen-bond acceptors (Lipinski definition) is 4. The molecule has 4 nitrogen and oxygen atoms in total. The third-order valence-electron chi connectivity index (χ3n) is 2.30. The van der Waals surface area contributed by atoms with Crippen molar-refractivity contribution in [3.05, 3.63) is 33.8 Å². The Kier molecular flexibility index (Phi) is 6.08. The quantitative estimate of drug-likeness (QED) is 0.783. The van der Waals surface area contributed by atoms with E-state index in [0.29, 0.717) is 0 Å². The summed E-state index contributed by atoms with van der Waals surface area (Å²) in [4.78, 5) is 0. The Morgan fingerprint density at radius 3 is 2.05 bits per heavy atom. The normalized spacial score (nSPS) is 13.6. The van der Waals surface area contributed by atoms with E-state index in [1.54, 1.807) is 13.8 Å². The summed E-state index contributed by atoms with van der Waals surface area (Å²) in [7, 11) is -3.82. The minimum atomic E-state index is -3.82. The number of halogens is 3. The third-order valence-corrected chi connectivity index (χ3v) is 4.93. The van der Waals surface area contributed by atoms with Crippen molar-refractivity contribution in [2.24, 2.45) is 5.73 Å². The van der Waals surface area contributed by atoms with Gasteiger partial charge in [0, 0.05) is 4.47 Å². The number of nitrogens with two attached hydrogens (primary N) is 1. The molecule has 0 unspecified atom stereocenters. The van der Waals surface area contributed by atoms with Crippen molar-refractivity contribution in [2.45, 2.75) is 19.6 Å². The Morgan fingerprint density at radius 2 is 1.68 bits per heavy atom. The average Bonchev–Trinajstić information content (AvgIpc) is 2.27. The summed E-state index contributed by atoms with van der Waals surface area (Å²) in [5.74, 6) is -3.32. The molecule has 0 aromatic heterocycles. The van der Waals surface area contributed by atoms with Crippen LogP contribution in [0.25, 0.3) is 0 Å². The van der Waals surface area contributed by atoms with Crippen LogP contribution < -0.4 is 5.73 Å². The largest absolute Gasteiger partial charge is 0.351 e. The third kappa shape index (κ3) is 3.83. The van der Waals surface area contributed by atoms with E-state index in [-0.39, 0.29) is 17.7 Å². The molecule has 1 aromatic carbocycles. The molecule has 1 atom stereocenters. The highest BCUT2D eigenvalue weighted by Crippen LogP contribution is 2.58. The van der Waals surface area contributed by atoms with Crippen LogP contribution in [0.1, 0.15) is 25.2 Å². The van der Waals surface area contributed by atoms with Gasteiger partial charge in [0.25, 0.3) is 0 Å². The molecule has 1 rings (SSSR count). The summed E-state index contributed by atoms with van der Waals surface area (Å²) in [6.07, 6.45) is 0. The summed E-state index contributed by atoms with van der Waals surface area (Å²) in [5.41, 5.74) is 5.18. The molecule has 0 amide bonds. The number of rotatable bonds is 6. The molecule has 108 valence electrons. The van der Waals surface area contributed by atoms with E-state index in [2.05, 4.69) is 15.9 Å². The molecule has 0 saturated carbocycles. The maximum Gasteiger partial charge on any atom is 0.351 e. The first-order valence-corrected chi connectivity index (χ1v) is 8.05. The van der Waals surface area contributed by atoms with Crippen molar-refractivity contribution >= 4 is 23.5 Å². The Morgan fingerprint density at radius 1 is 1.26 bits per heavy atom. The molecule has 0 aliphatic heterocycles. The minimum absolute atomic E-state index is 0.0603. The molecule has 0 radical (unpaired) electrons. The molecule has 8 heteroatoms. The molecule has 0 spiro atoms. The molecular formula is C11H15BrF2NO3P. The Labute approximate surface area is 118 Å². The van der Waals surface area contributed by atoms with Crippen molar-refractivity contribution in [2.75, 3.05) is 13.2 Å². The summed E-state index contributed by atoms with van der Waals surface area (Å²) in [6, 6.07) is 2.08. The van der Waals surface area contributed by atoms with Gasteiger partial charge in [-0.1, -0.05) is 15.9 Å². The van der Waals surface area contributed by atoms with E-state index in [9.17, 15) is 13.3 Å². The van der Waals surface area contributed by atoms with Gasteiger partial charge in [0.1, 0.15) is 17.4 Å². The van der Waals surface area contributed by atoms with Gasteiger partial charge in [-0.2, -0.15) is 0 Å². The van der Waals surface area contributed by atoms with Crippen molar-refractivity contribution in [1.82, 2.24) is 0 Å². The van der Waals surface area contributed by atoms with Crippen molar-refractivity contribution in [3.63, 3.8) is 0 Å². The second kappa shape index (κ2) is 6.90. The molecular weight excluding hydrogens is 343 g/mol. The first-order valence-electron chi connectivity index (χ1n) is 5.64.